The molecule has 126 valence electrons. The smallest absolute Gasteiger partial charge is 0.191 e. The third-order valence-electron chi connectivity index (χ3n) is 4.50. The molecule has 0 unspecified atom stereocenters. The highest BCUT2D eigenvalue weighted by Gasteiger charge is 2.23. The van der Waals surface area contributed by atoms with Crippen molar-refractivity contribution in [1.29, 1.82) is 0 Å². The van der Waals surface area contributed by atoms with Crippen LogP contribution in [0, 0.1) is 11.8 Å². The van der Waals surface area contributed by atoms with Gasteiger partial charge in [0.1, 0.15) is 0 Å². The minimum absolute atomic E-state index is 0. The molecule has 1 fully saturated rings. The summed E-state index contributed by atoms with van der Waals surface area (Å²) in [6.07, 6.45) is 10.8. The van der Waals surface area contributed by atoms with Gasteiger partial charge in [-0.25, -0.2) is 4.98 Å². The molecule has 0 spiro atoms. The quantitative estimate of drug-likeness (QED) is 0.439. The molecule has 0 aromatic carbocycles. The van der Waals surface area contributed by atoms with E-state index in [2.05, 4.69) is 39.0 Å². The maximum atomic E-state index is 4.32. The van der Waals surface area contributed by atoms with Crippen molar-refractivity contribution in [1.82, 2.24) is 20.2 Å². The number of halogens is 1. The lowest BCUT2D eigenvalue weighted by molar-refractivity contribution is 0.250. The van der Waals surface area contributed by atoms with Crippen molar-refractivity contribution in [2.45, 2.75) is 52.1 Å². The molecule has 22 heavy (non-hydrogen) atoms. The molecule has 1 heterocycles. The standard InChI is InChI=1S/C16H29N5.HI/c1-13(2)14-4-6-15(7-5-14)20-16(17-3)19-9-11-21-10-8-18-12-21;/h8,10,12-15H,4-7,9,11H2,1-3H3,(H2,17,19,20);1H. The van der Waals surface area contributed by atoms with Gasteiger partial charge in [-0.05, 0) is 37.5 Å². The van der Waals surface area contributed by atoms with Gasteiger partial charge in [0.25, 0.3) is 0 Å². The lowest BCUT2D eigenvalue weighted by Crippen LogP contribution is -2.45. The normalized spacial score (nSPS) is 22.3. The molecule has 1 aromatic rings. The second-order valence-corrected chi connectivity index (χ2v) is 6.30. The molecule has 2 N–H and O–H groups in total. The summed E-state index contributed by atoms with van der Waals surface area (Å²) in [4.78, 5) is 8.37. The Morgan fingerprint density at radius 2 is 2.05 bits per heavy atom. The molecule has 1 aromatic heterocycles. The van der Waals surface area contributed by atoms with Gasteiger partial charge in [0.2, 0.25) is 0 Å². The van der Waals surface area contributed by atoms with Crippen LogP contribution < -0.4 is 10.6 Å². The molecule has 0 aliphatic heterocycles. The Labute approximate surface area is 151 Å². The van der Waals surface area contributed by atoms with E-state index >= 15 is 0 Å². The minimum atomic E-state index is 0. The first kappa shape index (κ1) is 19.3. The molecule has 5 nitrogen and oxygen atoms in total. The molecule has 0 amide bonds. The summed E-state index contributed by atoms with van der Waals surface area (Å²) in [5.41, 5.74) is 0. The fourth-order valence-corrected chi connectivity index (χ4v) is 3.04. The van der Waals surface area contributed by atoms with Crippen molar-refractivity contribution in [3.8, 4) is 0 Å². The average Bonchev–Trinajstić information content (AvgIpc) is 3.00. The van der Waals surface area contributed by atoms with Gasteiger partial charge in [0.15, 0.2) is 5.96 Å². The van der Waals surface area contributed by atoms with Crippen molar-refractivity contribution in [2.24, 2.45) is 16.8 Å². The third kappa shape index (κ3) is 6.14. The van der Waals surface area contributed by atoms with Gasteiger partial charge in [-0.15, -0.1) is 24.0 Å². The van der Waals surface area contributed by atoms with E-state index in [-0.39, 0.29) is 24.0 Å². The first-order valence-corrected chi connectivity index (χ1v) is 8.12. The molecule has 1 aliphatic carbocycles. The zero-order valence-corrected chi connectivity index (χ0v) is 16.3. The summed E-state index contributed by atoms with van der Waals surface area (Å²) in [7, 11) is 1.84. The second-order valence-electron chi connectivity index (χ2n) is 6.30. The molecule has 1 saturated carbocycles. The molecule has 0 bridgehead atoms. The van der Waals surface area contributed by atoms with Gasteiger partial charge < -0.3 is 15.2 Å². The van der Waals surface area contributed by atoms with E-state index in [1.54, 1.807) is 6.20 Å². The van der Waals surface area contributed by atoms with Gasteiger partial charge in [-0.3, -0.25) is 4.99 Å². The maximum absolute atomic E-state index is 4.32. The zero-order chi connectivity index (χ0) is 15.1. The summed E-state index contributed by atoms with van der Waals surface area (Å²) in [6, 6.07) is 0.569. The molecule has 1 aliphatic rings. The Morgan fingerprint density at radius 1 is 1.32 bits per heavy atom. The topological polar surface area (TPSA) is 54.2 Å². The third-order valence-corrected chi connectivity index (χ3v) is 4.50. The van der Waals surface area contributed by atoms with Gasteiger partial charge in [0, 0.05) is 38.6 Å². The van der Waals surface area contributed by atoms with Crippen molar-refractivity contribution < 1.29 is 0 Å². The van der Waals surface area contributed by atoms with Crippen LogP contribution in [0.1, 0.15) is 39.5 Å². The number of hydrogen-bond donors (Lipinski definition) is 2. The van der Waals surface area contributed by atoms with Gasteiger partial charge >= 0.3 is 0 Å². The van der Waals surface area contributed by atoms with Crippen molar-refractivity contribution >= 4 is 29.9 Å². The van der Waals surface area contributed by atoms with Crippen LogP contribution in [-0.2, 0) is 6.54 Å². The average molecular weight is 419 g/mol. The van der Waals surface area contributed by atoms with E-state index in [4.69, 9.17) is 0 Å². The first-order valence-electron chi connectivity index (χ1n) is 8.12. The van der Waals surface area contributed by atoms with E-state index in [0.717, 1.165) is 30.9 Å². The van der Waals surface area contributed by atoms with Gasteiger partial charge in [-0.2, -0.15) is 0 Å². The molecule has 0 radical (unpaired) electrons. The Kier molecular flexibility index (Phi) is 8.82. The number of aliphatic imine (C=N–C) groups is 1. The fraction of sp³-hybridized carbons (Fsp3) is 0.750. The molecular formula is C16H30IN5. The Hall–Kier alpha value is -0.790. The number of guanidine groups is 1. The van der Waals surface area contributed by atoms with Crippen LogP contribution in [0.5, 0.6) is 0 Å². The SMILES string of the molecule is CN=C(NCCn1ccnc1)NC1CCC(C(C)C)CC1.I. The second kappa shape index (κ2) is 10.1. The summed E-state index contributed by atoms with van der Waals surface area (Å²) in [5.74, 6) is 2.64. The van der Waals surface area contributed by atoms with Crippen molar-refractivity contribution in [2.75, 3.05) is 13.6 Å². The van der Waals surface area contributed by atoms with Crippen molar-refractivity contribution in [3.63, 3.8) is 0 Å². The van der Waals surface area contributed by atoms with Gasteiger partial charge in [0.05, 0.1) is 6.33 Å². The van der Waals surface area contributed by atoms with Crippen LogP contribution in [0.3, 0.4) is 0 Å². The lowest BCUT2D eigenvalue weighted by atomic mass is 9.80. The lowest BCUT2D eigenvalue weighted by Gasteiger charge is -2.32. The van der Waals surface area contributed by atoms with Crippen LogP contribution in [0.15, 0.2) is 23.7 Å². The Bertz CT molecular complexity index is 422. The Morgan fingerprint density at radius 3 is 2.59 bits per heavy atom. The highest BCUT2D eigenvalue weighted by molar-refractivity contribution is 14.0. The maximum Gasteiger partial charge on any atom is 0.191 e. The Balaban J connectivity index is 0.00000242. The first-order chi connectivity index (χ1) is 10.2. The summed E-state index contributed by atoms with van der Waals surface area (Å²) >= 11 is 0. The van der Waals surface area contributed by atoms with Crippen LogP contribution in [0.2, 0.25) is 0 Å². The molecule has 0 atom stereocenters. The summed E-state index contributed by atoms with van der Waals surface area (Å²) in [6.45, 7) is 6.45. The zero-order valence-electron chi connectivity index (χ0n) is 14.0. The van der Waals surface area contributed by atoms with E-state index in [1.165, 1.54) is 25.7 Å². The molecule has 6 heteroatoms. The number of rotatable bonds is 5. The van der Waals surface area contributed by atoms with Crippen LogP contribution in [0.25, 0.3) is 0 Å². The highest BCUT2D eigenvalue weighted by atomic mass is 127. The molecule has 2 rings (SSSR count). The van der Waals surface area contributed by atoms with Crippen LogP contribution in [-0.4, -0.2) is 35.1 Å². The van der Waals surface area contributed by atoms with Gasteiger partial charge in [-0.1, -0.05) is 13.8 Å². The van der Waals surface area contributed by atoms with Crippen LogP contribution >= 0.6 is 24.0 Å². The predicted octanol–water partition coefficient (Wildman–Crippen LogP) is 2.88. The molecular weight excluding hydrogens is 389 g/mol. The fourth-order valence-electron chi connectivity index (χ4n) is 3.04. The number of nitrogens with one attached hydrogen (secondary N) is 2. The number of aromatic nitrogens is 2. The van der Waals surface area contributed by atoms with Crippen LogP contribution in [0.4, 0.5) is 0 Å². The van der Waals surface area contributed by atoms with E-state index < -0.39 is 0 Å². The van der Waals surface area contributed by atoms with E-state index in [1.807, 2.05) is 19.6 Å². The monoisotopic (exact) mass is 419 g/mol. The summed E-state index contributed by atoms with van der Waals surface area (Å²) < 4.78 is 2.06. The van der Waals surface area contributed by atoms with E-state index in [0.29, 0.717) is 6.04 Å². The summed E-state index contributed by atoms with van der Waals surface area (Å²) in [5, 5.41) is 6.94. The number of imidazole rings is 1. The minimum Gasteiger partial charge on any atom is -0.355 e. The highest BCUT2D eigenvalue weighted by Crippen LogP contribution is 2.29. The predicted molar refractivity (Wildman–Crippen MR) is 103 cm³/mol. The number of hydrogen-bond acceptors (Lipinski definition) is 2. The molecule has 0 saturated heterocycles. The van der Waals surface area contributed by atoms with E-state index in [9.17, 15) is 0 Å². The number of nitrogens with zero attached hydrogens (tertiary/aromatic N) is 3. The largest absolute Gasteiger partial charge is 0.355 e. The van der Waals surface area contributed by atoms with Crippen molar-refractivity contribution in [3.05, 3.63) is 18.7 Å².